The third kappa shape index (κ3) is 3.55. The molecule has 0 saturated heterocycles. The van der Waals surface area contributed by atoms with Crippen molar-refractivity contribution in [2.24, 2.45) is 0 Å². The van der Waals surface area contributed by atoms with Gasteiger partial charge in [0.15, 0.2) is 5.69 Å². The number of halogens is 3. The van der Waals surface area contributed by atoms with Crippen LogP contribution in [0.1, 0.15) is 46.4 Å². The average molecular weight is 485 g/mol. The Morgan fingerprint density at radius 2 is 1.57 bits per heavy atom. The maximum Gasteiger partial charge on any atom is 0.411 e. The molecule has 1 saturated carbocycles. The number of alkyl halides is 3. The van der Waals surface area contributed by atoms with Crippen LogP contribution in [0.25, 0.3) is 0 Å². The van der Waals surface area contributed by atoms with Crippen molar-refractivity contribution in [1.82, 2.24) is 14.5 Å². The van der Waals surface area contributed by atoms with Crippen molar-refractivity contribution in [1.29, 1.82) is 0 Å². The SMILES string of the molecule is COc1nc(=O)c(O)c2n1C(C(c1ccccc1)c1ccccc1)CN(C1(C(F)(F)F)CC1)C2=O. The van der Waals surface area contributed by atoms with E-state index in [0.717, 1.165) is 16.0 Å². The Balaban J connectivity index is 1.79. The summed E-state index contributed by atoms with van der Waals surface area (Å²) in [7, 11) is 1.25. The van der Waals surface area contributed by atoms with E-state index in [-0.39, 0.29) is 25.4 Å². The Hall–Kier alpha value is -3.82. The quantitative estimate of drug-likeness (QED) is 0.593. The lowest BCUT2D eigenvalue weighted by molar-refractivity contribution is -0.190. The van der Waals surface area contributed by atoms with Crippen molar-refractivity contribution in [2.45, 2.75) is 36.5 Å². The van der Waals surface area contributed by atoms with Gasteiger partial charge in [-0.1, -0.05) is 60.7 Å². The van der Waals surface area contributed by atoms with E-state index in [2.05, 4.69) is 4.98 Å². The summed E-state index contributed by atoms with van der Waals surface area (Å²) in [6, 6.07) is 17.2. The molecule has 7 nitrogen and oxygen atoms in total. The van der Waals surface area contributed by atoms with Crippen LogP contribution in [0.4, 0.5) is 13.2 Å². The molecule has 0 bridgehead atoms. The Morgan fingerprint density at radius 1 is 1.03 bits per heavy atom. The lowest BCUT2D eigenvalue weighted by Crippen LogP contribution is -2.57. The summed E-state index contributed by atoms with van der Waals surface area (Å²) in [6.45, 7) is -0.319. The predicted octanol–water partition coefficient (Wildman–Crippen LogP) is 3.88. The van der Waals surface area contributed by atoms with Gasteiger partial charge in [-0.25, -0.2) is 0 Å². The monoisotopic (exact) mass is 485 g/mol. The van der Waals surface area contributed by atoms with E-state index in [0.29, 0.717) is 0 Å². The van der Waals surface area contributed by atoms with E-state index in [4.69, 9.17) is 4.74 Å². The van der Waals surface area contributed by atoms with E-state index < -0.39 is 46.6 Å². The molecule has 1 unspecified atom stereocenters. The van der Waals surface area contributed by atoms with Crippen LogP contribution in [0, 0.1) is 0 Å². The molecule has 1 fully saturated rings. The van der Waals surface area contributed by atoms with Gasteiger partial charge in [-0.2, -0.15) is 18.2 Å². The van der Waals surface area contributed by atoms with E-state index in [1.165, 1.54) is 11.7 Å². The van der Waals surface area contributed by atoms with Gasteiger partial charge in [-0.15, -0.1) is 0 Å². The molecule has 2 aliphatic rings. The van der Waals surface area contributed by atoms with Gasteiger partial charge in [0.2, 0.25) is 5.75 Å². The summed E-state index contributed by atoms with van der Waals surface area (Å²) >= 11 is 0. The zero-order valence-electron chi connectivity index (χ0n) is 18.7. The molecule has 35 heavy (non-hydrogen) atoms. The second-order valence-electron chi connectivity index (χ2n) is 8.78. The first-order valence-corrected chi connectivity index (χ1v) is 11.1. The van der Waals surface area contributed by atoms with Gasteiger partial charge in [0.25, 0.3) is 5.91 Å². The second kappa shape index (κ2) is 8.14. The number of hydrogen-bond acceptors (Lipinski definition) is 5. The van der Waals surface area contributed by atoms with E-state index in [9.17, 15) is 27.9 Å². The molecule has 0 spiro atoms. The van der Waals surface area contributed by atoms with Crippen LogP contribution in [-0.2, 0) is 0 Å². The molecule has 2 aromatic carbocycles. The minimum absolute atomic E-state index is 0.247. The molecule has 10 heteroatoms. The molecule has 1 N–H and O–H groups in total. The van der Waals surface area contributed by atoms with Crippen LogP contribution >= 0.6 is 0 Å². The van der Waals surface area contributed by atoms with E-state index in [1.54, 1.807) is 0 Å². The van der Waals surface area contributed by atoms with Crippen molar-refractivity contribution in [3.05, 3.63) is 87.8 Å². The summed E-state index contributed by atoms with van der Waals surface area (Å²) < 4.78 is 49.1. The van der Waals surface area contributed by atoms with Gasteiger partial charge in [0, 0.05) is 12.5 Å². The molecule has 1 atom stereocenters. The largest absolute Gasteiger partial charge is 0.501 e. The summed E-state index contributed by atoms with van der Waals surface area (Å²) in [5.74, 6) is -2.62. The number of methoxy groups -OCH3 is 1. The molecule has 1 aliphatic heterocycles. The number of carbonyl (C=O) groups excluding carboxylic acids is 1. The summed E-state index contributed by atoms with van der Waals surface area (Å²) in [4.78, 5) is 30.3. The summed E-state index contributed by atoms with van der Waals surface area (Å²) in [6.07, 6.45) is -5.16. The van der Waals surface area contributed by atoms with Crippen molar-refractivity contribution in [3.8, 4) is 11.8 Å². The van der Waals surface area contributed by atoms with Gasteiger partial charge >= 0.3 is 17.7 Å². The topological polar surface area (TPSA) is 84.7 Å². The van der Waals surface area contributed by atoms with Gasteiger partial charge in [-0.3, -0.25) is 14.2 Å². The number of carbonyl (C=O) groups is 1. The van der Waals surface area contributed by atoms with Crippen LogP contribution in [0.15, 0.2) is 65.5 Å². The van der Waals surface area contributed by atoms with Crippen LogP contribution in [-0.4, -0.2) is 50.8 Å². The summed E-state index contributed by atoms with van der Waals surface area (Å²) in [5, 5.41) is 10.6. The maximum atomic E-state index is 14.2. The highest BCUT2D eigenvalue weighted by Crippen LogP contribution is 2.56. The minimum atomic E-state index is -4.67. The number of ether oxygens (including phenoxy) is 1. The molecule has 2 heterocycles. The average Bonchev–Trinajstić information content (AvgIpc) is 3.66. The third-order valence-corrected chi connectivity index (χ3v) is 6.87. The molecule has 3 aromatic rings. The van der Waals surface area contributed by atoms with Gasteiger partial charge < -0.3 is 14.7 Å². The smallest absolute Gasteiger partial charge is 0.411 e. The number of nitrogens with zero attached hydrogens (tertiary/aromatic N) is 3. The van der Waals surface area contributed by atoms with Crippen LogP contribution in [0.5, 0.6) is 11.8 Å². The highest BCUT2D eigenvalue weighted by Gasteiger charge is 2.69. The van der Waals surface area contributed by atoms with Crippen molar-refractivity contribution in [2.75, 3.05) is 13.7 Å². The Kier molecular flexibility index (Phi) is 5.34. The van der Waals surface area contributed by atoms with Crippen molar-refractivity contribution in [3.63, 3.8) is 0 Å². The van der Waals surface area contributed by atoms with Crippen LogP contribution in [0.2, 0.25) is 0 Å². The lowest BCUT2D eigenvalue weighted by Gasteiger charge is -2.44. The zero-order chi connectivity index (χ0) is 25.0. The summed E-state index contributed by atoms with van der Waals surface area (Å²) in [5.41, 5.74) is -2.48. The fourth-order valence-corrected chi connectivity index (χ4v) is 5.05. The molecular weight excluding hydrogens is 463 g/mol. The standard InChI is InChI=1S/C25H22F3N3O4/c1-35-23-29-21(33)20(32)19-22(34)30(24(12-13-24)25(26,27)28)14-17(31(19)23)18(15-8-4-2-5-9-15)16-10-6-3-7-11-16/h2-11,17-18,32H,12-14H2,1H3. The number of rotatable bonds is 5. The van der Waals surface area contributed by atoms with Crippen LogP contribution < -0.4 is 10.3 Å². The minimum Gasteiger partial charge on any atom is -0.501 e. The molecule has 1 aromatic heterocycles. The number of hydrogen-bond donors (Lipinski definition) is 1. The number of aromatic nitrogens is 2. The van der Waals surface area contributed by atoms with E-state index >= 15 is 0 Å². The fraction of sp³-hybridized carbons (Fsp3) is 0.320. The molecule has 5 rings (SSSR count). The number of aromatic hydroxyl groups is 1. The third-order valence-electron chi connectivity index (χ3n) is 6.87. The normalized spacial score (nSPS) is 18.9. The molecule has 1 aliphatic carbocycles. The van der Waals surface area contributed by atoms with Crippen LogP contribution in [0.3, 0.4) is 0 Å². The number of benzene rings is 2. The molecular formula is C25H22F3N3O4. The Morgan fingerprint density at radius 3 is 2.03 bits per heavy atom. The highest BCUT2D eigenvalue weighted by molar-refractivity contribution is 5.97. The fourth-order valence-electron chi connectivity index (χ4n) is 5.05. The van der Waals surface area contributed by atoms with Crippen molar-refractivity contribution < 1.29 is 27.8 Å². The first-order valence-electron chi connectivity index (χ1n) is 11.1. The molecule has 182 valence electrons. The van der Waals surface area contributed by atoms with E-state index in [1.807, 2.05) is 60.7 Å². The van der Waals surface area contributed by atoms with Gasteiger partial charge in [0.1, 0.15) is 5.54 Å². The Bertz CT molecular complexity index is 1280. The molecule has 0 radical (unpaired) electrons. The van der Waals surface area contributed by atoms with Crippen molar-refractivity contribution >= 4 is 5.91 Å². The number of amides is 1. The second-order valence-corrected chi connectivity index (χ2v) is 8.78. The maximum absolute atomic E-state index is 14.2. The lowest BCUT2D eigenvalue weighted by atomic mass is 9.83. The predicted molar refractivity (Wildman–Crippen MR) is 120 cm³/mol. The Labute approximate surface area is 198 Å². The van der Waals surface area contributed by atoms with Gasteiger partial charge in [-0.05, 0) is 24.0 Å². The number of fused-ring (bicyclic) bond motifs is 1. The first kappa shape index (κ1) is 22.9. The first-order chi connectivity index (χ1) is 16.7. The highest BCUT2D eigenvalue weighted by atomic mass is 19.4. The molecule has 1 amide bonds. The zero-order valence-corrected chi connectivity index (χ0v) is 18.7. The van der Waals surface area contributed by atoms with Gasteiger partial charge in [0.05, 0.1) is 13.2 Å².